The summed E-state index contributed by atoms with van der Waals surface area (Å²) in [6.07, 6.45) is -0.493. The minimum absolute atomic E-state index is 0.105. The molecule has 0 radical (unpaired) electrons. The maximum atomic E-state index is 12.3. The van der Waals surface area contributed by atoms with Crippen LogP contribution >= 0.6 is 11.6 Å². The molecule has 0 aliphatic rings. The number of hydrogen-bond acceptors (Lipinski definition) is 5. The minimum atomic E-state index is -1.14. The van der Waals surface area contributed by atoms with E-state index in [0.717, 1.165) is 11.0 Å². The lowest BCUT2D eigenvalue weighted by Gasteiger charge is -2.24. The molecule has 126 valence electrons. The zero-order valence-electron chi connectivity index (χ0n) is 12.7. The van der Waals surface area contributed by atoms with Crippen molar-refractivity contribution >= 4 is 29.2 Å². The number of nitro benzene ring substituents is 1. The second-order valence-corrected chi connectivity index (χ2v) is 5.22. The summed E-state index contributed by atoms with van der Waals surface area (Å²) in [4.78, 5) is 34.5. The molecule has 0 fully saturated rings. The Kier molecular flexibility index (Phi) is 6.77. The van der Waals surface area contributed by atoms with Crippen molar-refractivity contribution in [2.24, 2.45) is 0 Å². The van der Waals surface area contributed by atoms with Gasteiger partial charge in [0, 0.05) is 17.6 Å². The predicted molar refractivity (Wildman–Crippen MR) is 82.7 cm³/mol. The molecular formula is C14H17ClN2O6. The Morgan fingerprint density at radius 3 is 2.65 bits per heavy atom. The third-order valence-electron chi connectivity index (χ3n) is 2.90. The summed E-state index contributed by atoms with van der Waals surface area (Å²) < 4.78 is 5.35. The van der Waals surface area contributed by atoms with Crippen LogP contribution in [0, 0.1) is 10.1 Å². The van der Waals surface area contributed by atoms with Crippen LogP contribution in [0.3, 0.4) is 0 Å². The lowest BCUT2D eigenvalue weighted by atomic mass is 10.2. The molecule has 0 saturated heterocycles. The predicted octanol–water partition coefficient (Wildman–Crippen LogP) is 2.34. The number of carboxylic acids is 1. The molecule has 1 aromatic rings. The first-order chi connectivity index (χ1) is 10.8. The van der Waals surface area contributed by atoms with Gasteiger partial charge in [0.25, 0.3) is 5.91 Å². The number of hydrogen-bond donors (Lipinski definition) is 1. The lowest BCUT2D eigenvalue weighted by Crippen LogP contribution is -2.43. The van der Waals surface area contributed by atoms with E-state index in [0.29, 0.717) is 6.42 Å². The third-order valence-corrected chi connectivity index (χ3v) is 3.14. The normalized spacial score (nSPS) is 11.6. The zero-order valence-corrected chi connectivity index (χ0v) is 13.4. The Morgan fingerprint density at radius 1 is 1.48 bits per heavy atom. The SMILES string of the molecule is CCCN(CC(=O)O)C(=O)C(C)Oc1ccc(Cl)cc1[N+](=O)[O-]. The molecule has 9 heteroatoms. The molecule has 8 nitrogen and oxygen atoms in total. The van der Waals surface area contributed by atoms with Gasteiger partial charge in [-0.2, -0.15) is 0 Å². The van der Waals surface area contributed by atoms with Crippen molar-refractivity contribution < 1.29 is 24.4 Å². The number of aliphatic carboxylic acids is 1. The summed E-state index contributed by atoms with van der Waals surface area (Å²) in [7, 11) is 0. The zero-order chi connectivity index (χ0) is 17.6. The highest BCUT2D eigenvalue weighted by Crippen LogP contribution is 2.30. The van der Waals surface area contributed by atoms with Crippen molar-refractivity contribution in [3.05, 3.63) is 33.3 Å². The topological polar surface area (TPSA) is 110 Å². The molecule has 23 heavy (non-hydrogen) atoms. The van der Waals surface area contributed by atoms with Gasteiger partial charge in [-0.05, 0) is 25.5 Å². The molecule has 0 aliphatic carbocycles. The average molecular weight is 345 g/mol. The maximum Gasteiger partial charge on any atom is 0.323 e. The van der Waals surface area contributed by atoms with E-state index >= 15 is 0 Å². The quantitative estimate of drug-likeness (QED) is 0.572. The highest BCUT2D eigenvalue weighted by atomic mass is 35.5. The van der Waals surface area contributed by atoms with E-state index in [9.17, 15) is 19.7 Å². The number of nitrogens with zero attached hydrogens (tertiary/aromatic N) is 2. The number of carbonyl (C=O) groups is 2. The number of carboxylic acid groups (broad SMARTS) is 1. The van der Waals surface area contributed by atoms with Crippen molar-refractivity contribution in [1.29, 1.82) is 0 Å². The standard InChI is InChI=1S/C14H17ClN2O6/c1-3-6-16(8-13(18)19)14(20)9(2)23-12-5-4-10(15)7-11(12)17(21)22/h4-5,7,9H,3,6,8H2,1-2H3,(H,18,19). The van der Waals surface area contributed by atoms with Gasteiger partial charge in [-0.1, -0.05) is 18.5 Å². The number of carbonyl (C=O) groups excluding carboxylic acids is 1. The van der Waals surface area contributed by atoms with E-state index in [1.165, 1.54) is 19.1 Å². The molecule has 0 aromatic heterocycles. The van der Waals surface area contributed by atoms with Crippen LogP contribution < -0.4 is 4.74 Å². The molecule has 1 aromatic carbocycles. The Bertz CT molecular complexity index is 607. The summed E-state index contributed by atoms with van der Waals surface area (Å²) in [6.45, 7) is 3.01. The molecule has 0 spiro atoms. The van der Waals surface area contributed by atoms with Gasteiger partial charge in [-0.15, -0.1) is 0 Å². The maximum absolute atomic E-state index is 12.3. The highest BCUT2D eigenvalue weighted by Gasteiger charge is 2.26. The fourth-order valence-electron chi connectivity index (χ4n) is 1.93. The molecule has 0 heterocycles. The van der Waals surface area contributed by atoms with Crippen molar-refractivity contribution in [1.82, 2.24) is 4.90 Å². The first-order valence-electron chi connectivity index (χ1n) is 6.87. The smallest absolute Gasteiger partial charge is 0.323 e. The molecule has 0 bridgehead atoms. The van der Waals surface area contributed by atoms with Crippen LogP contribution in [0.1, 0.15) is 20.3 Å². The van der Waals surface area contributed by atoms with Crippen LogP contribution in [0.25, 0.3) is 0 Å². The number of benzene rings is 1. The highest BCUT2D eigenvalue weighted by molar-refractivity contribution is 6.30. The van der Waals surface area contributed by atoms with Crippen LogP contribution in [-0.2, 0) is 9.59 Å². The molecule has 1 atom stereocenters. The molecule has 1 amide bonds. The van der Waals surface area contributed by atoms with E-state index in [1.807, 2.05) is 0 Å². The van der Waals surface area contributed by atoms with Crippen molar-refractivity contribution in [3.63, 3.8) is 0 Å². The number of amides is 1. The number of ether oxygens (including phenoxy) is 1. The Balaban J connectivity index is 2.93. The minimum Gasteiger partial charge on any atom is -0.480 e. The van der Waals surface area contributed by atoms with Gasteiger partial charge in [0.2, 0.25) is 0 Å². The Hall–Kier alpha value is -2.35. The lowest BCUT2D eigenvalue weighted by molar-refractivity contribution is -0.386. The van der Waals surface area contributed by atoms with Gasteiger partial charge >= 0.3 is 11.7 Å². The number of halogens is 1. The first kappa shape index (κ1) is 18.7. The number of nitro groups is 1. The van der Waals surface area contributed by atoms with Gasteiger partial charge in [0.1, 0.15) is 6.54 Å². The van der Waals surface area contributed by atoms with Crippen LogP contribution in [-0.4, -0.2) is 46.0 Å². The summed E-state index contributed by atoms with van der Waals surface area (Å²) in [5.41, 5.74) is -0.363. The molecular weight excluding hydrogens is 328 g/mol. The Morgan fingerprint density at radius 2 is 2.13 bits per heavy atom. The molecule has 0 aliphatic heterocycles. The summed E-state index contributed by atoms with van der Waals surface area (Å²) in [5, 5.41) is 20.0. The fourth-order valence-corrected chi connectivity index (χ4v) is 2.10. The third kappa shape index (κ3) is 5.41. The van der Waals surface area contributed by atoms with Crippen LogP contribution in [0.4, 0.5) is 5.69 Å². The van der Waals surface area contributed by atoms with E-state index in [-0.39, 0.29) is 23.0 Å². The monoisotopic (exact) mass is 344 g/mol. The second kappa shape index (κ2) is 8.33. The first-order valence-corrected chi connectivity index (χ1v) is 7.25. The molecule has 1 rings (SSSR count). The summed E-state index contributed by atoms with van der Waals surface area (Å²) in [6, 6.07) is 3.82. The van der Waals surface area contributed by atoms with Gasteiger partial charge in [-0.3, -0.25) is 19.7 Å². The van der Waals surface area contributed by atoms with E-state index in [4.69, 9.17) is 21.4 Å². The van der Waals surface area contributed by atoms with Crippen LogP contribution in [0.2, 0.25) is 5.02 Å². The van der Waals surface area contributed by atoms with E-state index in [1.54, 1.807) is 6.92 Å². The van der Waals surface area contributed by atoms with Crippen LogP contribution in [0.5, 0.6) is 5.75 Å². The van der Waals surface area contributed by atoms with Crippen LogP contribution in [0.15, 0.2) is 18.2 Å². The van der Waals surface area contributed by atoms with Gasteiger partial charge in [0.05, 0.1) is 4.92 Å². The fraction of sp³-hybridized carbons (Fsp3) is 0.429. The summed E-state index contributed by atoms with van der Waals surface area (Å²) in [5.74, 6) is -1.80. The second-order valence-electron chi connectivity index (χ2n) is 4.78. The largest absolute Gasteiger partial charge is 0.480 e. The van der Waals surface area contributed by atoms with Crippen molar-refractivity contribution in [3.8, 4) is 5.75 Å². The van der Waals surface area contributed by atoms with E-state index < -0.39 is 29.4 Å². The van der Waals surface area contributed by atoms with Gasteiger partial charge in [-0.25, -0.2) is 0 Å². The van der Waals surface area contributed by atoms with Crippen molar-refractivity contribution in [2.45, 2.75) is 26.4 Å². The molecule has 0 saturated carbocycles. The van der Waals surface area contributed by atoms with Gasteiger partial charge in [0.15, 0.2) is 11.9 Å². The molecule has 1 unspecified atom stereocenters. The van der Waals surface area contributed by atoms with E-state index in [2.05, 4.69) is 0 Å². The van der Waals surface area contributed by atoms with Gasteiger partial charge < -0.3 is 14.7 Å². The summed E-state index contributed by atoms with van der Waals surface area (Å²) >= 11 is 5.71. The molecule has 1 N–H and O–H groups in total. The van der Waals surface area contributed by atoms with Crippen molar-refractivity contribution in [2.75, 3.05) is 13.1 Å². The Labute approximate surface area is 137 Å². The average Bonchev–Trinajstić information content (AvgIpc) is 2.47. The number of rotatable bonds is 8.